The van der Waals surface area contributed by atoms with E-state index >= 15 is 0 Å². The number of hydrogen-bond donors (Lipinski definition) is 0. The molecule has 6 nitrogen and oxygen atoms in total. The van der Waals surface area contributed by atoms with Crippen molar-refractivity contribution in [2.75, 3.05) is 0 Å². The second-order valence-electron chi connectivity index (χ2n) is 4.69. The largest absolute Gasteiger partial charge is 0.402 e. The molecule has 0 atom stereocenters. The van der Waals surface area contributed by atoms with E-state index in [1.807, 2.05) is 24.3 Å². The highest BCUT2D eigenvalue weighted by Crippen LogP contribution is 2.21. The van der Waals surface area contributed by atoms with E-state index in [1.165, 1.54) is 24.3 Å². The number of nitrogens with zero attached hydrogens (tertiary/aromatic N) is 2. The molecule has 7 heteroatoms. The summed E-state index contributed by atoms with van der Waals surface area (Å²) in [6.07, 6.45) is 1.62. The maximum absolute atomic E-state index is 11.9. The second-order valence-corrected chi connectivity index (χ2v) is 5.61. The van der Waals surface area contributed by atoms with Crippen molar-refractivity contribution in [1.82, 2.24) is 0 Å². The fourth-order valence-electron chi connectivity index (χ4n) is 1.98. The summed E-state index contributed by atoms with van der Waals surface area (Å²) in [6.45, 7) is 0. The highest BCUT2D eigenvalue weighted by molar-refractivity contribution is 9.10. The van der Waals surface area contributed by atoms with Gasteiger partial charge in [-0.2, -0.15) is 0 Å². The van der Waals surface area contributed by atoms with Gasteiger partial charge in [0.05, 0.1) is 4.92 Å². The highest BCUT2D eigenvalue weighted by atomic mass is 79.9. The lowest BCUT2D eigenvalue weighted by molar-refractivity contribution is -0.384. The third-order valence-electron chi connectivity index (χ3n) is 3.12. The normalized spacial score (nSPS) is 15.4. The summed E-state index contributed by atoms with van der Waals surface area (Å²) in [5, 5.41) is 10.6. The van der Waals surface area contributed by atoms with Crippen molar-refractivity contribution in [3.63, 3.8) is 0 Å². The number of nitro groups is 1. The zero-order valence-corrected chi connectivity index (χ0v) is 13.2. The van der Waals surface area contributed by atoms with Gasteiger partial charge in [-0.3, -0.25) is 10.1 Å². The van der Waals surface area contributed by atoms with Crippen LogP contribution in [0, 0.1) is 10.1 Å². The van der Waals surface area contributed by atoms with Crippen LogP contribution in [-0.4, -0.2) is 16.8 Å². The van der Waals surface area contributed by atoms with Gasteiger partial charge < -0.3 is 4.74 Å². The maximum atomic E-state index is 11.9. The van der Waals surface area contributed by atoms with E-state index in [9.17, 15) is 14.9 Å². The molecule has 114 valence electrons. The molecule has 0 fully saturated rings. The van der Waals surface area contributed by atoms with Crippen LogP contribution in [0.15, 0.2) is 63.7 Å². The highest BCUT2D eigenvalue weighted by Gasteiger charge is 2.24. The van der Waals surface area contributed by atoms with Crippen molar-refractivity contribution >= 4 is 39.6 Å². The van der Waals surface area contributed by atoms with Gasteiger partial charge in [0, 0.05) is 22.2 Å². The average molecular weight is 373 g/mol. The Morgan fingerprint density at radius 2 is 1.74 bits per heavy atom. The second kappa shape index (κ2) is 6.13. The predicted octanol–water partition coefficient (Wildman–Crippen LogP) is 3.70. The van der Waals surface area contributed by atoms with Crippen LogP contribution in [0.1, 0.15) is 11.1 Å². The van der Waals surface area contributed by atoms with Crippen LogP contribution in [-0.2, 0) is 9.53 Å². The predicted molar refractivity (Wildman–Crippen MR) is 87.8 cm³/mol. The molecule has 0 unspecified atom stereocenters. The molecule has 0 amide bonds. The lowest BCUT2D eigenvalue weighted by atomic mass is 10.2. The Balaban J connectivity index is 1.88. The first-order chi connectivity index (χ1) is 11.0. The molecule has 2 aromatic carbocycles. The van der Waals surface area contributed by atoms with Gasteiger partial charge in [0.15, 0.2) is 5.70 Å². The Labute approximate surface area is 139 Å². The van der Waals surface area contributed by atoms with Crippen LogP contribution in [0.2, 0.25) is 0 Å². The molecule has 23 heavy (non-hydrogen) atoms. The average Bonchev–Trinajstić information content (AvgIpc) is 2.91. The van der Waals surface area contributed by atoms with Gasteiger partial charge >= 0.3 is 5.97 Å². The molecule has 0 saturated carbocycles. The SMILES string of the molecule is O=C1OC(c2ccc([N+](=O)[O-])cc2)=N/C1=C/c1ccc(Br)cc1. The molecule has 0 aromatic heterocycles. The number of hydrogen-bond acceptors (Lipinski definition) is 5. The molecule has 1 aliphatic rings. The third-order valence-corrected chi connectivity index (χ3v) is 3.65. The molecule has 1 aliphatic heterocycles. The van der Waals surface area contributed by atoms with Crippen LogP contribution < -0.4 is 0 Å². The number of esters is 1. The summed E-state index contributed by atoms with van der Waals surface area (Å²) < 4.78 is 6.05. The standard InChI is InChI=1S/C16H9BrN2O4/c17-12-5-1-10(2-6-12)9-14-16(20)23-15(18-14)11-3-7-13(8-4-11)19(21)22/h1-9H/b14-9+. The molecule has 1 heterocycles. The number of carbonyl (C=O) groups excluding carboxylic acids is 1. The zero-order chi connectivity index (χ0) is 16.4. The summed E-state index contributed by atoms with van der Waals surface area (Å²) in [7, 11) is 0. The van der Waals surface area contributed by atoms with Gasteiger partial charge in [0.25, 0.3) is 5.69 Å². The summed E-state index contributed by atoms with van der Waals surface area (Å²) in [4.78, 5) is 26.2. The quantitative estimate of drug-likeness (QED) is 0.356. The molecule has 0 N–H and O–H groups in total. The molecule has 0 radical (unpaired) electrons. The Morgan fingerprint density at radius 3 is 2.35 bits per heavy atom. The molecule has 0 spiro atoms. The molecular formula is C16H9BrN2O4. The fourth-order valence-corrected chi connectivity index (χ4v) is 2.24. The smallest absolute Gasteiger partial charge is 0.363 e. The Morgan fingerprint density at radius 1 is 1.09 bits per heavy atom. The summed E-state index contributed by atoms with van der Waals surface area (Å²) in [6, 6.07) is 13.0. The number of halogens is 1. The van der Waals surface area contributed by atoms with Crippen molar-refractivity contribution in [3.8, 4) is 0 Å². The first-order valence-corrected chi connectivity index (χ1v) is 7.35. The molecule has 0 bridgehead atoms. The van der Waals surface area contributed by atoms with Crippen molar-refractivity contribution in [2.45, 2.75) is 0 Å². The van der Waals surface area contributed by atoms with Crippen LogP contribution in [0.3, 0.4) is 0 Å². The minimum atomic E-state index is -0.554. The van der Waals surface area contributed by atoms with Crippen LogP contribution in [0.4, 0.5) is 5.69 Å². The minimum Gasteiger partial charge on any atom is -0.402 e. The van der Waals surface area contributed by atoms with Gasteiger partial charge in [0.2, 0.25) is 5.90 Å². The van der Waals surface area contributed by atoms with Gasteiger partial charge in [-0.25, -0.2) is 9.79 Å². The summed E-state index contributed by atoms with van der Waals surface area (Å²) in [5.74, 6) is -0.422. The lowest BCUT2D eigenvalue weighted by Crippen LogP contribution is -2.05. The Bertz CT molecular complexity index is 839. The monoisotopic (exact) mass is 372 g/mol. The van der Waals surface area contributed by atoms with Crippen LogP contribution >= 0.6 is 15.9 Å². The summed E-state index contributed by atoms with van der Waals surface area (Å²) >= 11 is 3.34. The van der Waals surface area contributed by atoms with E-state index in [2.05, 4.69) is 20.9 Å². The van der Waals surface area contributed by atoms with Crippen molar-refractivity contribution < 1.29 is 14.5 Å². The molecule has 0 aliphatic carbocycles. The number of cyclic esters (lactones) is 1. The number of aliphatic imine (C=N–C) groups is 1. The molecular weight excluding hydrogens is 364 g/mol. The van der Waals surface area contributed by atoms with E-state index < -0.39 is 10.9 Å². The van der Waals surface area contributed by atoms with E-state index in [1.54, 1.807) is 6.08 Å². The third kappa shape index (κ3) is 3.35. The summed E-state index contributed by atoms with van der Waals surface area (Å²) in [5.41, 5.74) is 1.46. The Kier molecular flexibility index (Phi) is 4.03. The minimum absolute atomic E-state index is 0.0377. The van der Waals surface area contributed by atoms with Gasteiger partial charge in [-0.1, -0.05) is 28.1 Å². The number of benzene rings is 2. The first-order valence-electron chi connectivity index (χ1n) is 6.56. The van der Waals surface area contributed by atoms with Gasteiger partial charge in [-0.15, -0.1) is 0 Å². The number of rotatable bonds is 3. The van der Waals surface area contributed by atoms with Gasteiger partial charge in [0.1, 0.15) is 0 Å². The van der Waals surface area contributed by atoms with E-state index in [-0.39, 0.29) is 17.3 Å². The zero-order valence-electron chi connectivity index (χ0n) is 11.6. The number of ether oxygens (including phenoxy) is 1. The fraction of sp³-hybridized carbons (Fsp3) is 0. The number of carbonyl (C=O) groups is 1. The van der Waals surface area contributed by atoms with Crippen molar-refractivity contribution in [1.29, 1.82) is 0 Å². The van der Waals surface area contributed by atoms with Gasteiger partial charge in [-0.05, 0) is 35.9 Å². The molecule has 2 aromatic rings. The maximum Gasteiger partial charge on any atom is 0.363 e. The van der Waals surface area contributed by atoms with Crippen LogP contribution in [0.25, 0.3) is 6.08 Å². The van der Waals surface area contributed by atoms with Crippen LogP contribution in [0.5, 0.6) is 0 Å². The lowest BCUT2D eigenvalue weighted by Gasteiger charge is -1.98. The molecule has 3 rings (SSSR count). The van der Waals surface area contributed by atoms with Crippen molar-refractivity contribution in [2.24, 2.45) is 4.99 Å². The number of nitro benzene ring substituents is 1. The Hall–Kier alpha value is -2.80. The topological polar surface area (TPSA) is 81.8 Å². The molecule has 0 saturated heterocycles. The van der Waals surface area contributed by atoms with E-state index in [4.69, 9.17) is 4.74 Å². The number of non-ortho nitro benzene ring substituents is 1. The van der Waals surface area contributed by atoms with E-state index in [0.717, 1.165) is 10.0 Å². The first kappa shape index (κ1) is 15.1. The van der Waals surface area contributed by atoms with E-state index in [0.29, 0.717) is 5.56 Å². The van der Waals surface area contributed by atoms with Crippen molar-refractivity contribution in [3.05, 3.63) is 79.9 Å².